The average molecular weight is 321 g/mol. The largest absolute Gasteiger partial charge is 0.457 e. The van der Waals surface area contributed by atoms with Crippen LogP contribution in [0.15, 0.2) is 77.7 Å². The van der Waals surface area contributed by atoms with Crippen LogP contribution in [-0.2, 0) is 11.3 Å². The molecule has 1 heterocycles. The third-order valence-electron chi connectivity index (χ3n) is 3.20. The molecular weight excluding hydrogens is 306 g/mol. The van der Waals surface area contributed by atoms with Crippen LogP contribution in [0.4, 0.5) is 5.69 Å². The molecule has 0 radical (unpaired) electrons. The minimum atomic E-state index is -0.326. The van der Waals surface area contributed by atoms with E-state index in [4.69, 9.17) is 4.74 Å². The molecule has 0 bridgehead atoms. The van der Waals surface area contributed by atoms with Gasteiger partial charge in [-0.05, 0) is 42.5 Å². The van der Waals surface area contributed by atoms with E-state index >= 15 is 0 Å². The van der Waals surface area contributed by atoms with E-state index in [1.54, 1.807) is 24.3 Å². The normalized spacial score (nSPS) is 10.2. The number of hydrogen-bond donors (Lipinski definition) is 1. The standard InChI is InChI=1S/C18H15N3O3/c22-17(13-21-18(23)7-4-12-19-21)20-14-8-10-16(11-9-14)24-15-5-2-1-3-6-15/h1-12H,13H2,(H,20,22). The van der Waals surface area contributed by atoms with Gasteiger partial charge in [0.15, 0.2) is 0 Å². The lowest BCUT2D eigenvalue weighted by molar-refractivity contribution is -0.117. The number of carbonyl (C=O) groups is 1. The quantitative estimate of drug-likeness (QED) is 0.784. The van der Waals surface area contributed by atoms with Gasteiger partial charge in [-0.2, -0.15) is 5.10 Å². The van der Waals surface area contributed by atoms with Crippen molar-refractivity contribution < 1.29 is 9.53 Å². The number of nitrogens with one attached hydrogen (secondary N) is 1. The smallest absolute Gasteiger partial charge is 0.267 e. The van der Waals surface area contributed by atoms with E-state index in [0.717, 1.165) is 10.4 Å². The second-order valence-corrected chi connectivity index (χ2v) is 5.01. The second-order valence-electron chi connectivity index (χ2n) is 5.01. The Morgan fingerprint density at radius 3 is 2.38 bits per heavy atom. The Morgan fingerprint density at radius 1 is 0.958 bits per heavy atom. The summed E-state index contributed by atoms with van der Waals surface area (Å²) in [6, 6.07) is 19.3. The van der Waals surface area contributed by atoms with Crippen LogP contribution >= 0.6 is 0 Å². The first-order valence-electron chi connectivity index (χ1n) is 7.36. The van der Waals surface area contributed by atoms with Gasteiger partial charge in [-0.1, -0.05) is 18.2 Å². The summed E-state index contributed by atoms with van der Waals surface area (Å²) < 4.78 is 6.78. The van der Waals surface area contributed by atoms with Crippen LogP contribution in [0.2, 0.25) is 0 Å². The van der Waals surface area contributed by atoms with Crippen LogP contribution in [-0.4, -0.2) is 15.7 Å². The lowest BCUT2D eigenvalue weighted by atomic mass is 10.3. The van der Waals surface area contributed by atoms with E-state index in [9.17, 15) is 9.59 Å². The monoisotopic (exact) mass is 321 g/mol. The van der Waals surface area contributed by atoms with Crippen molar-refractivity contribution in [3.8, 4) is 11.5 Å². The number of aromatic nitrogens is 2. The van der Waals surface area contributed by atoms with E-state index in [1.165, 1.54) is 18.3 Å². The van der Waals surface area contributed by atoms with Gasteiger partial charge in [0.25, 0.3) is 5.56 Å². The Hall–Kier alpha value is -3.41. The number of nitrogens with zero attached hydrogens (tertiary/aromatic N) is 2. The molecule has 1 amide bonds. The van der Waals surface area contributed by atoms with Crippen LogP contribution < -0.4 is 15.6 Å². The summed E-state index contributed by atoms with van der Waals surface area (Å²) in [4.78, 5) is 23.5. The predicted molar refractivity (Wildman–Crippen MR) is 90.1 cm³/mol. The van der Waals surface area contributed by atoms with Crippen molar-refractivity contribution in [3.05, 3.63) is 83.3 Å². The van der Waals surface area contributed by atoms with Gasteiger partial charge in [0.05, 0.1) is 0 Å². The number of anilines is 1. The lowest BCUT2D eigenvalue weighted by Gasteiger charge is -2.08. The molecule has 120 valence electrons. The summed E-state index contributed by atoms with van der Waals surface area (Å²) in [5.41, 5.74) is 0.295. The maximum Gasteiger partial charge on any atom is 0.267 e. The van der Waals surface area contributed by atoms with Gasteiger partial charge in [-0.3, -0.25) is 9.59 Å². The van der Waals surface area contributed by atoms with Crippen molar-refractivity contribution in [2.75, 3.05) is 5.32 Å². The van der Waals surface area contributed by atoms with Crippen molar-refractivity contribution in [3.63, 3.8) is 0 Å². The van der Waals surface area contributed by atoms with Crippen molar-refractivity contribution in [2.45, 2.75) is 6.54 Å². The Labute approximate surface area is 138 Å². The Kier molecular flexibility index (Phi) is 4.67. The first kappa shape index (κ1) is 15.5. The minimum Gasteiger partial charge on any atom is -0.457 e. The number of rotatable bonds is 5. The maximum atomic E-state index is 12.0. The van der Waals surface area contributed by atoms with Gasteiger partial charge in [-0.25, -0.2) is 4.68 Å². The third kappa shape index (κ3) is 4.07. The first-order valence-corrected chi connectivity index (χ1v) is 7.36. The van der Waals surface area contributed by atoms with Gasteiger partial charge in [0.2, 0.25) is 5.91 Å². The molecule has 1 aromatic heterocycles. The predicted octanol–water partition coefficient (Wildman–Crippen LogP) is 2.67. The fourth-order valence-corrected chi connectivity index (χ4v) is 2.07. The summed E-state index contributed by atoms with van der Waals surface area (Å²) in [6.45, 7) is -0.137. The summed E-state index contributed by atoms with van der Waals surface area (Å²) in [6.07, 6.45) is 1.46. The molecule has 0 atom stereocenters. The molecule has 24 heavy (non-hydrogen) atoms. The molecule has 6 heteroatoms. The molecule has 0 aliphatic rings. The molecule has 1 N–H and O–H groups in total. The third-order valence-corrected chi connectivity index (χ3v) is 3.20. The fraction of sp³-hybridized carbons (Fsp3) is 0.0556. The maximum absolute atomic E-state index is 12.0. The lowest BCUT2D eigenvalue weighted by Crippen LogP contribution is -2.28. The van der Waals surface area contributed by atoms with Crippen LogP contribution in [0.25, 0.3) is 0 Å². The highest BCUT2D eigenvalue weighted by Crippen LogP contribution is 2.22. The van der Waals surface area contributed by atoms with Crippen LogP contribution in [0.5, 0.6) is 11.5 Å². The van der Waals surface area contributed by atoms with Crippen molar-refractivity contribution in [1.82, 2.24) is 9.78 Å². The fourth-order valence-electron chi connectivity index (χ4n) is 2.07. The number of para-hydroxylation sites is 1. The van der Waals surface area contributed by atoms with E-state index in [2.05, 4.69) is 10.4 Å². The molecular formula is C18H15N3O3. The Balaban J connectivity index is 1.61. The summed E-state index contributed by atoms with van der Waals surface area (Å²) in [5, 5.41) is 6.56. The zero-order chi connectivity index (χ0) is 16.8. The topological polar surface area (TPSA) is 73.2 Å². The van der Waals surface area contributed by atoms with Crippen molar-refractivity contribution in [2.24, 2.45) is 0 Å². The summed E-state index contributed by atoms with van der Waals surface area (Å²) in [5.74, 6) is 1.08. The minimum absolute atomic E-state index is 0.137. The van der Waals surface area contributed by atoms with E-state index in [1.807, 2.05) is 30.3 Å². The Morgan fingerprint density at radius 2 is 1.67 bits per heavy atom. The molecule has 0 aliphatic heterocycles. The zero-order valence-corrected chi connectivity index (χ0v) is 12.8. The van der Waals surface area contributed by atoms with Gasteiger partial charge < -0.3 is 10.1 Å². The van der Waals surface area contributed by atoms with Crippen LogP contribution in [0, 0.1) is 0 Å². The number of hydrogen-bond acceptors (Lipinski definition) is 4. The molecule has 3 aromatic rings. The van der Waals surface area contributed by atoms with Gasteiger partial charge in [-0.15, -0.1) is 0 Å². The molecule has 0 saturated heterocycles. The van der Waals surface area contributed by atoms with Crippen LogP contribution in [0.3, 0.4) is 0 Å². The SMILES string of the molecule is O=C(Cn1ncccc1=O)Nc1ccc(Oc2ccccc2)cc1. The van der Waals surface area contributed by atoms with Crippen LogP contribution in [0.1, 0.15) is 0 Å². The van der Waals surface area contributed by atoms with E-state index < -0.39 is 0 Å². The second kappa shape index (κ2) is 7.23. The number of benzene rings is 2. The number of carbonyl (C=O) groups excluding carboxylic acids is 1. The van der Waals surface area contributed by atoms with E-state index in [0.29, 0.717) is 11.4 Å². The van der Waals surface area contributed by atoms with Crippen molar-refractivity contribution >= 4 is 11.6 Å². The highest BCUT2D eigenvalue weighted by Gasteiger charge is 2.06. The molecule has 2 aromatic carbocycles. The highest BCUT2D eigenvalue weighted by molar-refractivity contribution is 5.90. The van der Waals surface area contributed by atoms with Gasteiger partial charge >= 0.3 is 0 Å². The molecule has 0 spiro atoms. The summed E-state index contributed by atoms with van der Waals surface area (Å²) in [7, 11) is 0. The number of amides is 1. The highest BCUT2D eigenvalue weighted by atomic mass is 16.5. The van der Waals surface area contributed by atoms with Gasteiger partial charge in [0, 0.05) is 18.0 Å². The molecule has 0 aliphatic carbocycles. The first-order chi connectivity index (χ1) is 11.7. The average Bonchev–Trinajstić information content (AvgIpc) is 2.60. The Bertz CT molecular complexity index is 874. The molecule has 0 saturated carbocycles. The number of ether oxygens (including phenoxy) is 1. The zero-order valence-electron chi connectivity index (χ0n) is 12.8. The van der Waals surface area contributed by atoms with Gasteiger partial charge in [0.1, 0.15) is 18.0 Å². The molecule has 6 nitrogen and oxygen atoms in total. The molecule has 3 rings (SSSR count). The molecule has 0 fully saturated rings. The summed E-state index contributed by atoms with van der Waals surface area (Å²) >= 11 is 0. The van der Waals surface area contributed by atoms with Crippen molar-refractivity contribution in [1.29, 1.82) is 0 Å². The van der Waals surface area contributed by atoms with E-state index in [-0.39, 0.29) is 18.0 Å². The molecule has 0 unspecified atom stereocenters.